The summed E-state index contributed by atoms with van der Waals surface area (Å²) in [7, 11) is 0. The molecule has 2 rings (SSSR count). The van der Waals surface area contributed by atoms with E-state index in [9.17, 15) is 14.0 Å². The second-order valence-corrected chi connectivity index (χ2v) is 4.51. The number of hydrogen-bond donors (Lipinski definition) is 1. The van der Waals surface area contributed by atoms with Gasteiger partial charge in [0.1, 0.15) is 11.5 Å². The first-order valence-corrected chi connectivity index (χ1v) is 6.78. The van der Waals surface area contributed by atoms with Crippen molar-refractivity contribution >= 4 is 33.3 Å². The molecule has 104 valence electrons. The molecule has 0 atom stereocenters. The van der Waals surface area contributed by atoms with Crippen molar-refractivity contribution in [1.82, 2.24) is 5.16 Å². The number of nitrogens with zero attached hydrogens (tertiary/aromatic N) is 1. The number of alkyl halides is 1. The summed E-state index contributed by atoms with van der Waals surface area (Å²) in [6.45, 7) is 1.55. The highest BCUT2D eigenvalue weighted by atomic mass is 79.9. The third kappa shape index (κ3) is 2.77. The normalized spacial score (nSPS) is 10.3. The topological polar surface area (TPSA) is 72.2 Å². The van der Waals surface area contributed by atoms with Crippen molar-refractivity contribution in [3.05, 3.63) is 47.1 Å². The van der Waals surface area contributed by atoms with Crippen LogP contribution in [0.3, 0.4) is 0 Å². The quantitative estimate of drug-likeness (QED) is 0.686. The highest BCUT2D eigenvalue weighted by Crippen LogP contribution is 2.23. The van der Waals surface area contributed by atoms with Crippen LogP contribution in [0.15, 0.2) is 28.8 Å². The van der Waals surface area contributed by atoms with Gasteiger partial charge in [0, 0.05) is 0 Å². The maximum atomic E-state index is 13.6. The first kappa shape index (κ1) is 14.4. The summed E-state index contributed by atoms with van der Waals surface area (Å²) in [4.78, 5) is 23.6. The van der Waals surface area contributed by atoms with Crippen LogP contribution in [-0.4, -0.2) is 22.2 Å². The number of benzene rings is 1. The monoisotopic (exact) mass is 340 g/mol. The van der Waals surface area contributed by atoms with Crippen molar-refractivity contribution < 1.29 is 18.5 Å². The number of halogens is 2. The van der Waals surface area contributed by atoms with Crippen molar-refractivity contribution in [3.8, 4) is 0 Å². The molecule has 0 aliphatic rings. The number of amides is 1. The molecule has 1 aromatic heterocycles. The van der Waals surface area contributed by atoms with E-state index in [1.807, 2.05) is 0 Å². The van der Waals surface area contributed by atoms with Crippen LogP contribution in [0, 0.1) is 12.7 Å². The minimum absolute atomic E-state index is 0.0605. The molecule has 0 saturated heterocycles. The zero-order valence-corrected chi connectivity index (χ0v) is 12.0. The van der Waals surface area contributed by atoms with Gasteiger partial charge < -0.3 is 9.84 Å². The molecule has 0 fully saturated rings. The van der Waals surface area contributed by atoms with Crippen molar-refractivity contribution in [2.24, 2.45) is 0 Å². The van der Waals surface area contributed by atoms with Gasteiger partial charge in [-0.15, -0.1) is 0 Å². The number of aryl methyl sites for hydroxylation is 1. The molecule has 0 spiro atoms. The second-order valence-electron chi connectivity index (χ2n) is 3.95. The number of anilines is 1. The predicted octanol–water partition coefficient (Wildman–Crippen LogP) is 2.69. The Bertz CT molecular complexity index is 669. The van der Waals surface area contributed by atoms with Gasteiger partial charge in [0.2, 0.25) is 11.7 Å². The van der Waals surface area contributed by atoms with Gasteiger partial charge in [-0.1, -0.05) is 33.2 Å². The minimum Gasteiger partial charge on any atom is -0.359 e. The molecule has 0 radical (unpaired) electrons. The van der Waals surface area contributed by atoms with E-state index in [1.165, 1.54) is 18.2 Å². The maximum absolute atomic E-state index is 13.6. The van der Waals surface area contributed by atoms with Crippen LogP contribution in [0.1, 0.15) is 21.8 Å². The molecule has 0 aliphatic heterocycles. The van der Waals surface area contributed by atoms with Gasteiger partial charge in [0.15, 0.2) is 11.5 Å². The van der Waals surface area contributed by atoms with E-state index in [1.54, 1.807) is 13.0 Å². The molecule has 2 aromatic rings. The van der Waals surface area contributed by atoms with Gasteiger partial charge >= 0.3 is 0 Å². The number of nitrogens with one attached hydrogen (secondary N) is 1. The lowest BCUT2D eigenvalue weighted by molar-refractivity contribution is -0.113. The van der Waals surface area contributed by atoms with Crippen LogP contribution in [0.25, 0.3) is 0 Å². The highest BCUT2D eigenvalue weighted by Gasteiger charge is 2.24. The van der Waals surface area contributed by atoms with Crippen LogP contribution in [0.4, 0.5) is 10.1 Å². The van der Waals surface area contributed by atoms with E-state index < -0.39 is 11.6 Å². The molecule has 0 bridgehead atoms. The Balaban J connectivity index is 2.41. The average Bonchev–Trinajstić information content (AvgIpc) is 2.80. The molecule has 20 heavy (non-hydrogen) atoms. The standard InChI is InChI=1S/C13H10BrFN2O3/c1-7-11(16-10(18)6-14)12(17-20-7)13(19)8-4-2-3-5-9(8)15/h2-5H,6H2,1H3,(H,16,18). The molecule has 1 N–H and O–H groups in total. The van der Waals surface area contributed by atoms with Gasteiger partial charge in [0.05, 0.1) is 10.9 Å². The Labute approximate surface area is 122 Å². The van der Waals surface area contributed by atoms with Crippen LogP contribution >= 0.6 is 15.9 Å². The molecule has 1 aromatic carbocycles. The van der Waals surface area contributed by atoms with Crippen LogP contribution in [0.5, 0.6) is 0 Å². The lowest BCUT2D eigenvalue weighted by Crippen LogP contribution is -2.16. The molecule has 1 heterocycles. The summed E-state index contributed by atoms with van der Waals surface area (Å²) in [6.07, 6.45) is 0. The fraction of sp³-hybridized carbons (Fsp3) is 0.154. The summed E-state index contributed by atoms with van der Waals surface area (Å²) < 4.78 is 18.5. The summed E-state index contributed by atoms with van der Waals surface area (Å²) in [5, 5.41) is 6.15. The fourth-order valence-corrected chi connectivity index (χ4v) is 1.76. The van der Waals surface area contributed by atoms with Gasteiger partial charge in [-0.3, -0.25) is 9.59 Å². The average molecular weight is 341 g/mol. The second kappa shape index (κ2) is 5.96. The van der Waals surface area contributed by atoms with E-state index in [0.29, 0.717) is 0 Å². The van der Waals surface area contributed by atoms with Crippen molar-refractivity contribution in [2.75, 3.05) is 10.6 Å². The Hall–Kier alpha value is -2.02. The van der Waals surface area contributed by atoms with Gasteiger partial charge in [-0.2, -0.15) is 0 Å². The number of aromatic nitrogens is 1. The first-order valence-electron chi connectivity index (χ1n) is 5.66. The smallest absolute Gasteiger partial charge is 0.235 e. The molecule has 7 heteroatoms. The number of carbonyl (C=O) groups is 2. The molecule has 5 nitrogen and oxygen atoms in total. The number of hydrogen-bond acceptors (Lipinski definition) is 4. The zero-order valence-electron chi connectivity index (χ0n) is 10.4. The van der Waals surface area contributed by atoms with Gasteiger partial charge in [0.25, 0.3) is 0 Å². The van der Waals surface area contributed by atoms with E-state index in [4.69, 9.17) is 4.52 Å². The number of rotatable bonds is 4. The van der Waals surface area contributed by atoms with Crippen LogP contribution in [0.2, 0.25) is 0 Å². The molecule has 0 saturated carbocycles. The summed E-state index contributed by atoms with van der Waals surface area (Å²) in [5.74, 6) is -1.39. The number of ketones is 1. The van der Waals surface area contributed by atoms with Gasteiger partial charge in [-0.05, 0) is 19.1 Å². The van der Waals surface area contributed by atoms with Crippen LogP contribution < -0.4 is 5.32 Å². The lowest BCUT2D eigenvalue weighted by Gasteiger charge is -2.04. The molecule has 0 aliphatic carbocycles. The fourth-order valence-electron chi connectivity index (χ4n) is 1.62. The van der Waals surface area contributed by atoms with Crippen molar-refractivity contribution in [1.29, 1.82) is 0 Å². The SMILES string of the molecule is Cc1onc(C(=O)c2ccccc2F)c1NC(=O)CBr. The van der Waals surface area contributed by atoms with Crippen molar-refractivity contribution in [2.45, 2.75) is 6.92 Å². The van der Waals surface area contributed by atoms with E-state index in [-0.39, 0.29) is 33.9 Å². The Kier molecular flexibility index (Phi) is 4.29. The third-order valence-electron chi connectivity index (χ3n) is 2.58. The van der Waals surface area contributed by atoms with E-state index in [0.717, 1.165) is 0 Å². The molecular weight excluding hydrogens is 331 g/mol. The Morgan fingerprint density at radius 3 is 2.75 bits per heavy atom. The summed E-state index contributed by atoms with van der Waals surface area (Å²) in [6, 6.07) is 5.54. The Morgan fingerprint density at radius 1 is 1.40 bits per heavy atom. The van der Waals surface area contributed by atoms with Crippen LogP contribution in [-0.2, 0) is 4.79 Å². The zero-order chi connectivity index (χ0) is 14.7. The lowest BCUT2D eigenvalue weighted by atomic mass is 10.1. The van der Waals surface area contributed by atoms with Gasteiger partial charge in [-0.25, -0.2) is 4.39 Å². The Morgan fingerprint density at radius 2 is 2.10 bits per heavy atom. The minimum atomic E-state index is -0.657. The molecule has 0 unspecified atom stereocenters. The maximum Gasteiger partial charge on any atom is 0.235 e. The summed E-state index contributed by atoms with van der Waals surface area (Å²) in [5.41, 5.74) is -0.0975. The highest BCUT2D eigenvalue weighted by molar-refractivity contribution is 9.09. The number of carbonyl (C=O) groups excluding carboxylic acids is 2. The first-order chi connectivity index (χ1) is 9.54. The van der Waals surface area contributed by atoms with E-state index >= 15 is 0 Å². The van der Waals surface area contributed by atoms with Crippen molar-refractivity contribution in [3.63, 3.8) is 0 Å². The predicted molar refractivity (Wildman–Crippen MR) is 73.5 cm³/mol. The molecule has 1 amide bonds. The summed E-state index contributed by atoms with van der Waals surface area (Å²) >= 11 is 3.00. The molecular formula is C13H10BrFN2O3. The third-order valence-corrected chi connectivity index (χ3v) is 3.09. The largest absolute Gasteiger partial charge is 0.359 e. The van der Waals surface area contributed by atoms with E-state index in [2.05, 4.69) is 26.4 Å².